The Morgan fingerprint density at radius 3 is 2.73 bits per heavy atom. The average molecular weight is 273 g/mol. The van der Waals surface area contributed by atoms with Crippen molar-refractivity contribution in [2.24, 2.45) is 0 Å². The smallest absolute Gasteiger partial charge is 0.328 e. The van der Waals surface area contributed by atoms with Gasteiger partial charge in [-0.25, -0.2) is 14.1 Å². The standard InChI is InChI=1S/C9H6BrFN2O2/c10-5-1-2-6(11)7(3-5)13-8(14)4-12-9(13)15/h1-3H,4H2,(H,12,15). The van der Waals surface area contributed by atoms with Crippen molar-refractivity contribution in [1.29, 1.82) is 0 Å². The van der Waals surface area contributed by atoms with E-state index < -0.39 is 17.8 Å². The molecular formula is C9H6BrFN2O2. The molecule has 6 heteroatoms. The zero-order chi connectivity index (χ0) is 11.0. The third-order valence-electron chi connectivity index (χ3n) is 1.99. The van der Waals surface area contributed by atoms with Gasteiger partial charge in [0.05, 0.1) is 12.2 Å². The molecule has 15 heavy (non-hydrogen) atoms. The van der Waals surface area contributed by atoms with Gasteiger partial charge in [0, 0.05) is 4.47 Å². The van der Waals surface area contributed by atoms with Crippen LogP contribution >= 0.6 is 15.9 Å². The average Bonchev–Trinajstić information content (AvgIpc) is 2.51. The molecule has 0 saturated carbocycles. The number of carbonyl (C=O) groups excluding carboxylic acids is 2. The molecule has 0 aliphatic carbocycles. The normalized spacial score (nSPS) is 15.7. The highest BCUT2D eigenvalue weighted by Crippen LogP contribution is 2.25. The zero-order valence-corrected chi connectivity index (χ0v) is 9.04. The highest BCUT2D eigenvalue weighted by atomic mass is 79.9. The first kappa shape index (κ1) is 10.1. The molecule has 1 aliphatic rings. The molecule has 0 unspecified atom stereocenters. The molecule has 0 atom stereocenters. The summed E-state index contributed by atoms with van der Waals surface area (Å²) in [5, 5.41) is 2.32. The van der Waals surface area contributed by atoms with Crippen LogP contribution in [0.2, 0.25) is 0 Å². The quantitative estimate of drug-likeness (QED) is 0.791. The molecule has 0 spiro atoms. The lowest BCUT2D eigenvalue weighted by atomic mass is 10.3. The largest absolute Gasteiger partial charge is 0.329 e. The van der Waals surface area contributed by atoms with E-state index >= 15 is 0 Å². The van der Waals surface area contributed by atoms with E-state index in [0.29, 0.717) is 4.47 Å². The second kappa shape index (κ2) is 3.62. The van der Waals surface area contributed by atoms with Crippen LogP contribution in [0.5, 0.6) is 0 Å². The highest BCUT2D eigenvalue weighted by molar-refractivity contribution is 9.10. The monoisotopic (exact) mass is 272 g/mol. The number of anilines is 1. The molecule has 1 N–H and O–H groups in total. The maximum Gasteiger partial charge on any atom is 0.329 e. The van der Waals surface area contributed by atoms with Gasteiger partial charge < -0.3 is 5.32 Å². The Morgan fingerprint density at radius 1 is 1.40 bits per heavy atom. The van der Waals surface area contributed by atoms with Crippen molar-refractivity contribution in [3.63, 3.8) is 0 Å². The maximum absolute atomic E-state index is 13.4. The Morgan fingerprint density at radius 2 is 2.13 bits per heavy atom. The molecule has 3 amide bonds. The summed E-state index contributed by atoms with van der Waals surface area (Å²) in [7, 11) is 0. The number of hydrogen-bond donors (Lipinski definition) is 1. The number of imide groups is 1. The summed E-state index contributed by atoms with van der Waals surface area (Å²) in [6, 6.07) is 3.48. The van der Waals surface area contributed by atoms with Crippen molar-refractivity contribution in [3.8, 4) is 0 Å². The van der Waals surface area contributed by atoms with Gasteiger partial charge in [-0.05, 0) is 18.2 Å². The second-order valence-corrected chi connectivity index (χ2v) is 3.90. The maximum atomic E-state index is 13.4. The zero-order valence-electron chi connectivity index (χ0n) is 7.46. The molecule has 1 aromatic rings. The topological polar surface area (TPSA) is 49.4 Å². The Hall–Kier alpha value is -1.43. The van der Waals surface area contributed by atoms with Gasteiger partial charge in [-0.15, -0.1) is 0 Å². The number of nitrogens with zero attached hydrogens (tertiary/aromatic N) is 1. The Labute approximate surface area is 93.2 Å². The third-order valence-corrected chi connectivity index (χ3v) is 2.49. The predicted octanol–water partition coefficient (Wildman–Crippen LogP) is 1.64. The fourth-order valence-corrected chi connectivity index (χ4v) is 1.67. The number of amides is 3. The van der Waals surface area contributed by atoms with Gasteiger partial charge in [0.15, 0.2) is 0 Å². The molecule has 1 heterocycles. The van der Waals surface area contributed by atoms with E-state index in [2.05, 4.69) is 21.2 Å². The molecule has 78 valence electrons. The number of nitrogens with one attached hydrogen (secondary N) is 1. The van der Waals surface area contributed by atoms with Crippen LogP contribution in [0.25, 0.3) is 0 Å². The van der Waals surface area contributed by atoms with Crippen LogP contribution in [0.4, 0.5) is 14.9 Å². The van der Waals surface area contributed by atoms with Crippen molar-refractivity contribution < 1.29 is 14.0 Å². The van der Waals surface area contributed by atoms with E-state index in [9.17, 15) is 14.0 Å². The van der Waals surface area contributed by atoms with Gasteiger partial charge in [0.2, 0.25) is 0 Å². The van der Waals surface area contributed by atoms with E-state index in [4.69, 9.17) is 0 Å². The molecule has 1 saturated heterocycles. The number of rotatable bonds is 1. The SMILES string of the molecule is O=C1CNC(=O)N1c1cc(Br)ccc1F. The summed E-state index contributed by atoms with van der Waals surface area (Å²) in [5.41, 5.74) is -0.0376. The van der Waals surface area contributed by atoms with Crippen LogP contribution in [0.1, 0.15) is 0 Å². The number of halogens is 2. The number of urea groups is 1. The summed E-state index contributed by atoms with van der Waals surface area (Å²) < 4.78 is 14.0. The van der Waals surface area contributed by atoms with Gasteiger partial charge in [-0.1, -0.05) is 15.9 Å². The van der Waals surface area contributed by atoms with Crippen LogP contribution in [0.15, 0.2) is 22.7 Å². The molecule has 4 nitrogen and oxygen atoms in total. The first-order valence-corrected chi connectivity index (χ1v) is 4.95. The molecule has 0 radical (unpaired) electrons. The van der Waals surface area contributed by atoms with E-state index in [1.165, 1.54) is 18.2 Å². The van der Waals surface area contributed by atoms with E-state index in [0.717, 1.165) is 4.90 Å². The predicted molar refractivity (Wildman–Crippen MR) is 55.0 cm³/mol. The van der Waals surface area contributed by atoms with Crippen molar-refractivity contribution in [2.45, 2.75) is 0 Å². The number of carbonyl (C=O) groups is 2. The minimum absolute atomic E-state index is 0.0376. The van der Waals surface area contributed by atoms with Crippen molar-refractivity contribution in [2.75, 3.05) is 11.4 Å². The Bertz CT molecular complexity index is 434. The first-order chi connectivity index (χ1) is 7.09. The van der Waals surface area contributed by atoms with Crippen LogP contribution in [-0.4, -0.2) is 18.5 Å². The second-order valence-electron chi connectivity index (χ2n) is 2.98. The van der Waals surface area contributed by atoms with Crippen LogP contribution in [0.3, 0.4) is 0 Å². The first-order valence-electron chi connectivity index (χ1n) is 4.15. The Kier molecular flexibility index (Phi) is 2.44. The van der Waals surface area contributed by atoms with Gasteiger partial charge in [-0.3, -0.25) is 4.79 Å². The summed E-state index contributed by atoms with van der Waals surface area (Å²) in [6.45, 7) is -0.0925. The molecule has 1 aliphatic heterocycles. The summed E-state index contributed by atoms with van der Waals surface area (Å²) >= 11 is 3.15. The Balaban J connectivity index is 2.48. The fourth-order valence-electron chi connectivity index (χ4n) is 1.32. The molecule has 2 rings (SSSR count). The van der Waals surface area contributed by atoms with Crippen molar-refractivity contribution >= 4 is 33.6 Å². The lowest BCUT2D eigenvalue weighted by Crippen LogP contribution is -2.31. The van der Waals surface area contributed by atoms with Crippen molar-refractivity contribution in [3.05, 3.63) is 28.5 Å². The summed E-state index contributed by atoms with van der Waals surface area (Å²) in [5.74, 6) is -1.07. The summed E-state index contributed by atoms with van der Waals surface area (Å²) in [6.07, 6.45) is 0. The van der Waals surface area contributed by atoms with E-state index in [-0.39, 0.29) is 12.2 Å². The summed E-state index contributed by atoms with van der Waals surface area (Å²) in [4.78, 5) is 23.4. The van der Waals surface area contributed by atoms with Crippen molar-refractivity contribution in [1.82, 2.24) is 5.32 Å². The third kappa shape index (κ3) is 1.72. The van der Waals surface area contributed by atoms with Gasteiger partial charge in [0.25, 0.3) is 5.91 Å². The van der Waals surface area contributed by atoms with Crippen LogP contribution in [0, 0.1) is 5.82 Å². The lowest BCUT2D eigenvalue weighted by Gasteiger charge is -2.13. The van der Waals surface area contributed by atoms with E-state index in [1.54, 1.807) is 0 Å². The highest BCUT2D eigenvalue weighted by Gasteiger charge is 2.31. The van der Waals surface area contributed by atoms with Gasteiger partial charge in [-0.2, -0.15) is 0 Å². The van der Waals surface area contributed by atoms with Crippen LogP contribution < -0.4 is 10.2 Å². The molecular weight excluding hydrogens is 267 g/mol. The minimum Gasteiger partial charge on any atom is -0.328 e. The van der Waals surface area contributed by atoms with Crippen LogP contribution in [-0.2, 0) is 4.79 Å². The number of hydrogen-bond acceptors (Lipinski definition) is 2. The van der Waals surface area contributed by atoms with Gasteiger partial charge in [0.1, 0.15) is 5.82 Å². The number of benzene rings is 1. The molecule has 0 aromatic heterocycles. The fraction of sp³-hybridized carbons (Fsp3) is 0.111. The van der Waals surface area contributed by atoms with E-state index in [1.807, 2.05) is 0 Å². The molecule has 1 fully saturated rings. The lowest BCUT2D eigenvalue weighted by molar-refractivity contribution is -0.115. The molecule has 1 aromatic carbocycles. The van der Waals surface area contributed by atoms with Gasteiger partial charge >= 0.3 is 6.03 Å². The molecule has 0 bridgehead atoms. The minimum atomic E-state index is -0.608.